The van der Waals surface area contributed by atoms with Gasteiger partial charge in [-0.2, -0.15) is 0 Å². The Labute approximate surface area is 109 Å². The van der Waals surface area contributed by atoms with Crippen molar-refractivity contribution >= 4 is 5.78 Å². The molecule has 2 aromatic carbocycles. The van der Waals surface area contributed by atoms with E-state index in [1.54, 1.807) is 24.3 Å². The molecule has 2 rings (SSSR count). The van der Waals surface area contributed by atoms with Gasteiger partial charge >= 0.3 is 0 Å². The quantitative estimate of drug-likeness (QED) is 0.860. The largest absolute Gasteiger partial charge is 0.329 e. The average Bonchev–Trinajstić information content (AvgIpc) is 2.44. The highest BCUT2D eigenvalue weighted by molar-refractivity contribution is 6.01. The first-order valence-corrected chi connectivity index (χ1v) is 5.88. The highest BCUT2D eigenvalue weighted by Crippen LogP contribution is 2.22. The molecule has 0 bridgehead atoms. The van der Waals surface area contributed by atoms with Crippen molar-refractivity contribution in [3.8, 4) is 0 Å². The molecule has 0 radical (unpaired) electrons. The number of hydrogen-bond acceptors (Lipinski definition) is 2. The first-order chi connectivity index (χ1) is 9.15. The minimum atomic E-state index is -1.12. The first-order valence-electron chi connectivity index (χ1n) is 5.88. The summed E-state index contributed by atoms with van der Waals surface area (Å²) in [5, 5.41) is 0. The van der Waals surface area contributed by atoms with E-state index in [-0.39, 0.29) is 12.1 Å². The van der Waals surface area contributed by atoms with Gasteiger partial charge in [0.2, 0.25) is 0 Å². The van der Waals surface area contributed by atoms with Crippen molar-refractivity contribution in [2.24, 2.45) is 5.73 Å². The molecule has 2 nitrogen and oxygen atoms in total. The highest BCUT2D eigenvalue weighted by atomic mass is 19.2. The van der Waals surface area contributed by atoms with Crippen LogP contribution in [-0.2, 0) is 0 Å². The number of rotatable bonds is 4. The Morgan fingerprint density at radius 3 is 2.37 bits per heavy atom. The van der Waals surface area contributed by atoms with Crippen LogP contribution >= 0.6 is 0 Å². The molecule has 4 heteroatoms. The fourth-order valence-electron chi connectivity index (χ4n) is 1.96. The molecule has 0 heterocycles. The first kappa shape index (κ1) is 13.4. The van der Waals surface area contributed by atoms with Crippen molar-refractivity contribution in [1.29, 1.82) is 0 Å². The number of benzene rings is 2. The summed E-state index contributed by atoms with van der Waals surface area (Å²) in [7, 11) is 0. The second kappa shape index (κ2) is 5.71. The SMILES string of the molecule is NCC(C(=O)c1cccc(F)c1F)c1ccccc1. The average molecular weight is 261 g/mol. The summed E-state index contributed by atoms with van der Waals surface area (Å²) in [5.41, 5.74) is 6.02. The topological polar surface area (TPSA) is 43.1 Å². The maximum Gasteiger partial charge on any atom is 0.174 e. The minimum absolute atomic E-state index is 0.0405. The number of ketones is 1. The van der Waals surface area contributed by atoms with E-state index in [9.17, 15) is 13.6 Å². The Kier molecular flexibility index (Phi) is 4.02. The summed E-state index contributed by atoms with van der Waals surface area (Å²) in [4.78, 5) is 12.3. The minimum Gasteiger partial charge on any atom is -0.329 e. The maximum atomic E-state index is 13.6. The Morgan fingerprint density at radius 1 is 1.05 bits per heavy atom. The molecule has 0 saturated heterocycles. The van der Waals surface area contributed by atoms with Gasteiger partial charge < -0.3 is 5.73 Å². The van der Waals surface area contributed by atoms with Crippen LogP contribution in [0, 0.1) is 11.6 Å². The lowest BCUT2D eigenvalue weighted by molar-refractivity contribution is 0.0957. The fourth-order valence-corrected chi connectivity index (χ4v) is 1.96. The van der Waals surface area contributed by atoms with E-state index in [0.717, 1.165) is 6.07 Å². The molecular weight excluding hydrogens is 248 g/mol. The van der Waals surface area contributed by atoms with Crippen LogP contribution < -0.4 is 5.73 Å². The van der Waals surface area contributed by atoms with Crippen LogP contribution in [0.5, 0.6) is 0 Å². The van der Waals surface area contributed by atoms with Crippen molar-refractivity contribution in [2.45, 2.75) is 5.92 Å². The van der Waals surface area contributed by atoms with Crippen LogP contribution in [0.3, 0.4) is 0 Å². The number of carbonyl (C=O) groups is 1. The highest BCUT2D eigenvalue weighted by Gasteiger charge is 2.24. The number of nitrogens with two attached hydrogens (primary N) is 1. The van der Waals surface area contributed by atoms with Crippen molar-refractivity contribution in [1.82, 2.24) is 0 Å². The predicted octanol–water partition coefficient (Wildman–Crippen LogP) is 2.89. The second-order valence-corrected chi connectivity index (χ2v) is 4.16. The summed E-state index contributed by atoms with van der Waals surface area (Å²) in [6.07, 6.45) is 0. The Bertz CT molecular complexity index is 584. The van der Waals surface area contributed by atoms with Gasteiger partial charge in [-0.1, -0.05) is 36.4 Å². The van der Waals surface area contributed by atoms with E-state index in [0.29, 0.717) is 5.56 Å². The lowest BCUT2D eigenvalue weighted by Crippen LogP contribution is -2.23. The molecule has 0 spiro atoms. The number of Topliss-reactive ketones (excluding diaryl/α,β-unsaturated/α-hetero) is 1. The molecule has 0 amide bonds. The molecule has 0 saturated carbocycles. The van der Waals surface area contributed by atoms with Gasteiger partial charge in [0.15, 0.2) is 17.4 Å². The number of hydrogen-bond donors (Lipinski definition) is 1. The smallest absolute Gasteiger partial charge is 0.174 e. The molecular formula is C15H13F2NO. The van der Waals surface area contributed by atoms with Gasteiger partial charge in [0.05, 0.1) is 11.5 Å². The van der Waals surface area contributed by atoms with E-state index >= 15 is 0 Å². The van der Waals surface area contributed by atoms with Gasteiger partial charge in [-0.15, -0.1) is 0 Å². The van der Waals surface area contributed by atoms with Gasteiger partial charge in [0, 0.05) is 6.54 Å². The molecule has 0 aliphatic rings. The zero-order valence-corrected chi connectivity index (χ0v) is 10.1. The van der Waals surface area contributed by atoms with Crippen molar-refractivity contribution in [3.63, 3.8) is 0 Å². The van der Waals surface area contributed by atoms with Crippen LogP contribution in [0.15, 0.2) is 48.5 Å². The zero-order valence-electron chi connectivity index (χ0n) is 10.1. The van der Waals surface area contributed by atoms with Crippen molar-refractivity contribution in [2.75, 3.05) is 6.54 Å². The van der Waals surface area contributed by atoms with Gasteiger partial charge in [0.25, 0.3) is 0 Å². The van der Waals surface area contributed by atoms with Gasteiger partial charge in [-0.3, -0.25) is 4.79 Å². The van der Waals surface area contributed by atoms with Gasteiger partial charge in [-0.05, 0) is 17.7 Å². The third-order valence-corrected chi connectivity index (χ3v) is 2.97. The Hall–Kier alpha value is -2.07. The lowest BCUT2D eigenvalue weighted by atomic mass is 9.90. The van der Waals surface area contributed by atoms with Crippen LogP contribution in [0.25, 0.3) is 0 Å². The molecule has 0 aromatic heterocycles. The Morgan fingerprint density at radius 2 is 1.74 bits per heavy atom. The standard InChI is InChI=1S/C15H13F2NO/c16-13-8-4-7-11(14(13)17)15(19)12(9-18)10-5-2-1-3-6-10/h1-8,12H,9,18H2. The molecule has 2 N–H and O–H groups in total. The van der Waals surface area contributed by atoms with Crippen molar-refractivity contribution in [3.05, 3.63) is 71.3 Å². The summed E-state index contributed by atoms with van der Waals surface area (Å²) in [6.45, 7) is 0.0405. The number of halogens is 2. The fraction of sp³-hybridized carbons (Fsp3) is 0.133. The van der Waals surface area contributed by atoms with Crippen LogP contribution in [-0.4, -0.2) is 12.3 Å². The summed E-state index contributed by atoms with van der Waals surface area (Å²) in [6, 6.07) is 12.4. The van der Waals surface area contributed by atoms with E-state index < -0.39 is 23.3 Å². The molecule has 2 aromatic rings. The normalized spacial score (nSPS) is 12.2. The van der Waals surface area contributed by atoms with Gasteiger partial charge in [-0.25, -0.2) is 8.78 Å². The molecule has 0 aliphatic carbocycles. The van der Waals surface area contributed by atoms with Crippen LogP contribution in [0.1, 0.15) is 21.8 Å². The van der Waals surface area contributed by atoms with Crippen LogP contribution in [0.4, 0.5) is 8.78 Å². The number of carbonyl (C=O) groups excluding carboxylic acids is 1. The monoisotopic (exact) mass is 261 g/mol. The third kappa shape index (κ3) is 2.69. The van der Waals surface area contributed by atoms with Gasteiger partial charge in [0.1, 0.15) is 0 Å². The lowest BCUT2D eigenvalue weighted by Gasteiger charge is -2.14. The van der Waals surface area contributed by atoms with E-state index in [1.807, 2.05) is 6.07 Å². The second-order valence-electron chi connectivity index (χ2n) is 4.16. The summed E-state index contributed by atoms with van der Waals surface area (Å²) < 4.78 is 26.8. The van der Waals surface area contributed by atoms with E-state index in [2.05, 4.69) is 0 Å². The molecule has 0 fully saturated rings. The van der Waals surface area contributed by atoms with Crippen molar-refractivity contribution < 1.29 is 13.6 Å². The van der Waals surface area contributed by atoms with Crippen LogP contribution in [0.2, 0.25) is 0 Å². The maximum absolute atomic E-state index is 13.6. The van der Waals surface area contributed by atoms with E-state index in [1.165, 1.54) is 12.1 Å². The summed E-state index contributed by atoms with van der Waals surface area (Å²) in [5.74, 6) is -3.33. The van der Waals surface area contributed by atoms with E-state index in [4.69, 9.17) is 5.73 Å². The predicted molar refractivity (Wildman–Crippen MR) is 68.9 cm³/mol. The zero-order chi connectivity index (χ0) is 13.8. The molecule has 1 unspecified atom stereocenters. The Balaban J connectivity index is 2.39. The summed E-state index contributed by atoms with van der Waals surface area (Å²) >= 11 is 0. The molecule has 0 aliphatic heterocycles. The molecule has 1 atom stereocenters. The molecule has 98 valence electrons. The third-order valence-electron chi connectivity index (χ3n) is 2.97. The molecule has 19 heavy (non-hydrogen) atoms.